The van der Waals surface area contributed by atoms with Crippen LogP contribution >= 0.6 is 22.7 Å². The normalized spacial score (nSPS) is 12.1. The van der Waals surface area contributed by atoms with Crippen LogP contribution in [0, 0.1) is 22.9 Å². The SMILES string of the molecule is CCCCCCCCc1cc2cc3c(C#C[Si](CC)(CC)CC)c4cc5sc(OC)cc5cc4c(C#C[Si](CC)(CC)CC)c3cc2s1. The molecule has 0 saturated heterocycles. The summed E-state index contributed by atoms with van der Waals surface area (Å²) in [6.07, 6.45) is 9.19. The third-order valence-electron chi connectivity index (χ3n) is 11.4. The highest BCUT2D eigenvalue weighted by Crippen LogP contribution is 2.42. The van der Waals surface area contributed by atoms with E-state index in [0.717, 1.165) is 5.06 Å². The van der Waals surface area contributed by atoms with E-state index in [-0.39, 0.29) is 0 Å². The van der Waals surface area contributed by atoms with Crippen LogP contribution < -0.4 is 4.74 Å². The molecule has 254 valence electrons. The lowest BCUT2D eigenvalue weighted by atomic mass is 9.91. The van der Waals surface area contributed by atoms with E-state index in [1.807, 2.05) is 11.3 Å². The van der Waals surface area contributed by atoms with Crippen molar-refractivity contribution in [2.75, 3.05) is 7.11 Å². The van der Waals surface area contributed by atoms with Gasteiger partial charge in [0.05, 0.1) is 7.11 Å². The Morgan fingerprint density at radius 1 is 0.542 bits per heavy atom. The highest BCUT2D eigenvalue weighted by atomic mass is 32.1. The first-order valence-corrected chi connectivity index (χ1v) is 25.7. The van der Waals surface area contributed by atoms with Gasteiger partial charge in [-0.2, -0.15) is 0 Å². The lowest BCUT2D eigenvalue weighted by molar-refractivity contribution is 0.427. The molecule has 0 fully saturated rings. The van der Waals surface area contributed by atoms with Crippen molar-refractivity contribution in [3.63, 3.8) is 0 Å². The molecular formula is C43H56OS2Si2. The van der Waals surface area contributed by atoms with E-state index < -0.39 is 16.1 Å². The van der Waals surface area contributed by atoms with Crippen molar-refractivity contribution in [3.05, 3.63) is 52.4 Å². The van der Waals surface area contributed by atoms with Gasteiger partial charge in [-0.1, -0.05) is 104 Å². The zero-order chi connectivity index (χ0) is 34.3. The zero-order valence-electron chi connectivity index (χ0n) is 30.9. The van der Waals surface area contributed by atoms with Crippen LogP contribution in [0.2, 0.25) is 36.3 Å². The average molecular weight is 709 g/mol. The molecule has 0 atom stereocenters. The van der Waals surface area contributed by atoms with E-state index in [1.54, 1.807) is 18.4 Å². The van der Waals surface area contributed by atoms with E-state index in [9.17, 15) is 0 Å². The van der Waals surface area contributed by atoms with E-state index in [0.29, 0.717) is 0 Å². The van der Waals surface area contributed by atoms with Crippen LogP contribution in [0.1, 0.15) is 103 Å². The Kier molecular flexibility index (Phi) is 12.6. The molecule has 48 heavy (non-hydrogen) atoms. The lowest BCUT2D eigenvalue weighted by Gasteiger charge is -2.21. The molecule has 2 aromatic heterocycles. The van der Waals surface area contributed by atoms with E-state index in [2.05, 4.69) is 108 Å². The number of fused-ring (bicyclic) bond motifs is 4. The summed E-state index contributed by atoms with van der Waals surface area (Å²) < 4.78 is 8.35. The summed E-state index contributed by atoms with van der Waals surface area (Å²) in [6.45, 7) is 16.4. The van der Waals surface area contributed by atoms with E-state index >= 15 is 0 Å². The summed E-state index contributed by atoms with van der Waals surface area (Å²) in [6, 6.07) is 21.6. The maximum absolute atomic E-state index is 5.72. The fourth-order valence-corrected chi connectivity index (χ4v) is 14.2. The monoisotopic (exact) mass is 708 g/mol. The first-order chi connectivity index (χ1) is 23.3. The molecule has 0 N–H and O–H groups in total. The van der Waals surface area contributed by atoms with Crippen LogP contribution in [-0.2, 0) is 6.42 Å². The molecule has 5 rings (SSSR count). The van der Waals surface area contributed by atoms with Crippen molar-refractivity contribution in [3.8, 4) is 28.0 Å². The molecule has 0 spiro atoms. The zero-order valence-corrected chi connectivity index (χ0v) is 34.5. The predicted octanol–water partition coefficient (Wildman–Crippen LogP) is 14.1. The van der Waals surface area contributed by atoms with Gasteiger partial charge in [0.15, 0.2) is 5.06 Å². The van der Waals surface area contributed by atoms with Gasteiger partial charge in [0.1, 0.15) is 16.1 Å². The van der Waals surface area contributed by atoms with Crippen LogP contribution in [0.3, 0.4) is 0 Å². The van der Waals surface area contributed by atoms with Crippen molar-refractivity contribution in [2.45, 2.75) is 130 Å². The molecule has 0 aliphatic carbocycles. The molecule has 5 aromatic rings. The van der Waals surface area contributed by atoms with Gasteiger partial charge in [-0.05, 0) is 107 Å². The third kappa shape index (κ3) is 7.61. The molecule has 0 aliphatic heterocycles. The predicted molar refractivity (Wildman–Crippen MR) is 224 cm³/mol. The van der Waals surface area contributed by atoms with Crippen molar-refractivity contribution in [1.29, 1.82) is 0 Å². The molecule has 0 saturated carbocycles. The second-order valence-corrected chi connectivity index (χ2v) is 25.9. The Balaban J connectivity index is 1.82. The van der Waals surface area contributed by atoms with Crippen LogP contribution in [-0.4, -0.2) is 23.3 Å². The minimum atomic E-state index is -1.67. The average Bonchev–Trinajstić information content (AvgIpc) is 3.72. The Hall–Kier alpha value is -2.55. The summed E-state index contributed by atoms with van der Waals surface area (Å²) in [4.78, 5) is 1.51. The largest absolute Gasteiger partial charge is 0.487 e. The van der Waals surface area contributed by atoms with Gasteiger partial charge in [-0.25, -0.2) is 0 Å². The molecule has 0 amide bonds. The Labute approximate surface area is 300 Å². The maximum Gasteiger partial charge on any atom is 0.174 e. The minimum absolute atomic E-state index is 0.951. The van der Waals surface area contributed by atoms with E-state index in [4.69, 9.17) is 4.74 Å². The summed E-state index contributed by atoms with van der Waals surface area (Å²) in [7, 11) is -1.58. The Morgan fingerprint density at radius 2 is 1.00 bits per heavy atom. The first kappa shape index (κ1) is 36.7. The number of benzene rings is 3. The van der Waals surface area contributed by atoms with Crippen LogP contribution in [0.5, 0.6) is 5.06 Å². The first-order valence-electron chi connectivity index (χ1n) is 18.8. The number of hydrogen-bond donors (Lipinski definition) is 0. The van der Waals surface area contributed by atoms with Gasteiger partial charge in [-0.15, -0.1) is 22.4 Å². The fourth-order valence-electron chi connectivity index (χ4n) is 7.32. The minimum Gasteiger partial charge on any atom is -0.487 e. The number of methoxy groups -OCH3 is 1. The molecule has 2 heterocycles. The summed E-state index contributed by atoms with van der Waals surface area (Å²) in [5.41, 5.74) is 10.4. The van der Waals surface area contributed by atoms with Gasteiger partial charge in [0.2, 0.25) is 0 Å². The quantitative estimate of drug-likeness (QED) is 0.0483. The van der Waals surface area contributed by atoms with Gasteiger partial charge in [-0.3, -0.25) is 0 Å². The number of aryl methyl sites for hydroxylation is 1. The molecule has 1 nitrogen and oxygen atoms in total. The number of rotatable bonds is 14. The smallest absolute Gasteiger partial charge is 0.174 e. The second-order valence-electron chi connectivity index (χ2n) is 13.8. The van der Waals surface area contributed by atoms with Crippen molar-refractivity contribution < 1.29 is 4.74 Å². The van der Waals surface area contributed by atoms with Gasteiger partial charge in [0.25, 0.3) is 0 Å². The van der Waals surface area contributed by atoms with Gasteiger partial charge < -0.3 is 4.74 Å². The summed E-state index contributed by atoms with van der Waals surface area (Å²) in [5, 5.41) is 8.60. The van der Waals surface area contributed by atoms with Crippen LogP contribution in [0.4, 0.5) is 0 Å². The highest BCUT2D eigenvalue weighted by Gasteiger charge is 2.26. The Bertz CT molecular complexity index is 1850. The van der Waals surface area contributed by atoms with Crippen molar-refractivity contribution in [1.82, 2.24) is 0 Å². The topological polar surface area (TPSA) is 9.23 Å². The van der Waals surface area contributed by atoms with Crippen LogP contribution in [0.25, 0.3) is 41.7 Å². The van der Waals surface area contributed by atoms with E-state index in [1.165, 1.54) is 139 Å². The van der Waals surface area contributed by atoms with Crippen molar-refractivity contribution >= 4 is 80.5 Å². The Morgan fingerprint density at radius 3 is 1.50 bits per heavy atom. The standard InChI is InChI=1S/C43H56OS2Si2/c1-9-16-17-18-19-20-21-34-26-32-27-37-35(22-24-47(10-2,11-3)12-4)40-31-42-33(29-43(44-8)46-42)28-38(40)36(39(37)30-41(32)45-34)23-25-48(13-5,14-6)15-7/h26-31H,9-21H2,1-8H3. The van der Waals surface area contributed by atoms with Gasteiger partial charge in [0, 0.05) is 36.2 Å². The molecule has 0 radical (unpaired) electrons. The molecule has 5 heteroatoms. The lowest BCUT2D eigenvalue weighted by Crippen LogP contribution is -2.29. The second kappa shape index (κ2) is 16.4. The molecule has 0 unspecified atom stereocenters. The molecular weight excluding hydrogens is 653 g/mol. The third-order valence-corrected chi connectivity index (χ3v) is 23.0. The number of thiophene rings is 2. The number of ether oxygens (including phenoxy) is 1. The fraction of sp³-hybridized carbons (Fsp3) is 0.488. The molecule has 0 aliphatic rings. The number of hydrogen-bond acceptors (Lipinski definition) is 3. The molecule has 0 bridgehead atoms. The summed E-state index contributed by atoms with van der Waals surface area (Å²) in [5.74, 6) is 7.84. The highest BCUT2D eigenvalue weighted by molar-refractivity contribution is 7.20. The molecule has 3 aromatic carbocycles. The van der Waals surface area contributed by atoms with Crippen molar-refractivity contribution in [2.24, 2.45) is 0 Å². The summed E-state index contributed by atoms with van der Waals surface area (Å²) >= 11 is 3.72. The van der Waals surface area contributed by atoms with Gasteiger partial charge >= 0.3 is 0 Å². The van der Waals surface area contributed by atoms with Crippen LogP contribution in [0.15, 0.2) is 36.4 Å². The maximum atomic E-state index is 5.72. The number of unbranched alkanes of at least 4 members (excludes halogenated alkanes) is 5.